The van der Waals surface area contributed by atoms with Crippen LogP contribution in [0.2, 0.25) is 0 Å². The molecular formula is C105H71BN6. The summed E-state index contributed by atoms with van der Waals surface area (Å²) < 4.78 is 5.19. The first kappa shape index (κ1) is 63.7. The van der Waals surface area contributed by atoms with Crippen molar-refractivity contribution in [3.63, 3.8) is 0 Å². The Morgan fingerprint density at radius 3 is 1.17 bits per heavy atom. The van der Waals surface area contributed by atoms with Crippen LogP contribution in [0.5, 0.6) is 0 Å². The predicted molar refractivity (Wildman–Crippen MR) is 473 cm³/mol. The molecule has 23 rings (SSSR count). The molecule has 20 aromatic rings. The van der Waals surface area contributed by atoms with Crippen LogP contribution in [-0.4, -0.2) is 15.8 Å². The van der Waals surface area contributed by atoms with Gasteiger partial charge in [-0.25, -0.2) is 0 Å². The maximum absolute atomic E-state index is 2.71. The van der Waals surface area contributed by atoms with Gasteiger partial charge in [-0.1, -0.05) is 231 Å². The van der Waals surface area contributed by atoms with Gasteiger partial charge in [-0.2, -0.15) is 0 Å². The van der Waals surface area contributed by atoms with E-state index in [-0.39, 0.29) is 6.71 Å². The van der Waals surface area contributed by atoms with Crippen molar-refractivity contribution in [2.24, 2.45) is 0 Å². The van der Waals surface area contributed by atoms with Gasteiger partial charge in [0, 0.05) is 112 Å². The van der Waals surface area contributed by atoms with Gasteiger partial charge in [0.15, 0.2) is 0 Å². The van der Waals surface area contributed by atoms with E-state index >= 15 is 0 Å². The molecule has 4 heterocycles. The normalized spacial score (nSPS) is 13.7. The van der Waals surface area contributed by atoms with Crippen LogP contribution in [0, 0.1) is 0 Å². The van der Waals surface area contributed by atoms with E-state index in [1.807, 2.05) is 0 Å². The first-order valence-corrected chi connectivity index (χ1v) is 39.0. The summed E-state index contributed by atoms with van der Waals surface area (Å²) in [5.74, 6) is 0. The Morgan fingerprint density at radius 1 is 0.268 bits per heavy atom. The molecule has 0 saturated heterocycles. The molecule has 524 valence electrons. The zero-order chi connectivity index (χ0) is 73.7. The van der Waals surface area contributed by atoms with Gasteiger partial charge in [0.2, 0.25) is 6.71 Å². The molecule has 0 spiro atoms. The zero-order valence-corrected chi connectivity index (χ0v) is 61.6. The molecule has 1 unspecified atom stereocenters. The molecule has 3 aliphatic rings. The average Bonchev–Trinajstić information content (AvgIpc) is 1.46. The largest absolute Gasteiger partial charge is 0.311 e. The Morgan fingerprint density at radius 2 is 0.661 bits per heavy atom. The van der Waals surface area contributed by atoms with Crippen molar-refractivity contribution in [3.05, 3.63) is 417 Å². The average molecular weight is 1430 g/mol. The fourth-order valence-corrected chi connectivity index (χ4v) is 19.9. The highest BCUT2D eigenvalue weighted by Crippen LogP contribution is 2.57. The van der Waals surface area contributed by atoms with E-state index in [0.717, 1.165) is 85.9 Å². The van der Waals surface area contributed by atoms with E-state index in [1.165, 1.54) is 120 Å². The lowest BCUT2D eigenvalue weighted by molar-refractivity contribution is 0.591. The van der Waals surface area contributed by atoms with Gasteiger partial charge in [-0.05, 0) is 259 Å². The molecule has 6 nitrogen and oxygen atoms in total. The third-order valence-electron chi connectivity index (χ3n) is 24.4. The second-order valence-electron chi connectivity index (χ2n) is 30.5. The van der Waals surface area contributed by atoms with Gasteiger partial charge in [0.25, 0.3) is 0 Å². The van der Waals surface area contributed by atoms with Crippen LogP contribution in [0.25, 0.3) is 98.4 Å². The van der Waals surface area contributed by atoms with Gasteiger partial charge < -0.3 is 28.7 Å². The number of para-hydroxylation sites is 10. The van der Waals surface area contributed by atoms with Crippen LogP contribution in [0.4, 0.5) is 68.2 Å². The number of hydrogen-bond donors (Lipinski definition) is 0. The van der Waals surface area contributed by atoms with Crippen LogP contribution in [-0.2, 0) is 11.8 Å². The Hall–Kier alpha value is -14.4. The van der Waals surface area contributed by atoms with Crippen molar-refractivity contribution in [2.45, 2.75) is 18.8 Å². The van der Waals surface area contributed by atoms with E-state index in [9.17, 15) is 0 Å². The number of aromatic nitrogens is 2. The molecule has 0 radical (unpaired) electrons. The SMILES string of the molecule is CC12Cc3c4c(cc5c6ccc(-n7c8ccccc8c8ccccc87)cc6c6ccccc6c35)-n3c5ccc(N(c6ccccc6)c6ccccc6)cc5c5cc(N(c6ccccc6)c6ccccc6)cc(c53)B4c3cc(N(c4ccccc4)c4ccccc4)cc(c31)-c1cc(N(c3ccccc3)c3ccccc3)ccc12. The zero-order valence-electron chi connectivity index (χ0n) is 61.6. The number of hydrogen-bond acceptors (Lipinski definition) is 4. The van der Waals surface area contributed by atoms with Crippen molar-refractivity contribution in [2.75, 3.05) is 19.6 Å². The topological polar surface area (TPSA) is 22.8 Å². The van der Waals surface area contributed by atoms with Crippen LogP contribution in [0.3, 0.4) is 0 Å². The number of anilines is 12. The van der Waals surface area contributed by atoms with E-state index in [2.05, 4.69) is 436 Å². The van der Waals surface area contributed by atoms with E-state index in [0.29, 0.717) is 0 Å². The Labute approximate surface area is 650 Å². The summed E-state index contributed by atoms with van der Waals surface area (Å²) in [6.07, 6.45) is 0.719. The van der Waals surface area contributed by atoms with Gasteiger partial charge in [0.05, 0.1) is 16.6 Å². The highest BCUT2D eigenvalue weighted by atomic mass is 15.2. The molecule has 112 heavy (non-hydrogen) atoms. The molecule has 7 heteroatoms. The van der Waals surface area contributed by atoms with Crippen LogP contribution >= 0.6 is 0 Å². The summed E-state index contributed by atoms with van der Waals surface area (Å²) in [4.78, 5) is 9.84. The summed E-state index contributed by atoms with van der Waals surface area (Å²) in [7, 11) is 0. The number of fused-ring (bicyclic) bond motifs is 19. The molecule has 1 aliphatic carbocycles. The maximum Gasteiger partial charge on any atom is 0.247 e. The highest BCUT2D eigenvalue weighted by Gasteiger charge is 2.51. The molecule has 1 atom stereocenters. The minimum absolute atomic E-state index is 0.318. The first-order chi connectivity index (χ1) is 55.5. The molecule has 2 aromatic heterocycles. The number of rotatable bonds is 13. The standard InChI is InChI=1S/C105H71BN6/c1-105-68-93-101-86-51-27-26-48-82(86)87-60-79(111-97-52-30-28-49-84(97)85-50-29-31-53-98(85)111)54-57-83(87)90(101)67-100-103(93)106(95-65-80(109(73-40-18-6-19-41-73)74-42-20-7-21-43-74)63-91(102(95)105)88-61-77(55-58-94(88)105)107(69-32-10-2-11-33-69)70-34-12-3-13-35-70)96-66-81(110(75-44-22-8-23-45-75)76-46-24-9-25-47-76)64-92-89-62-78(56-59-99(89)112(100)104(92)96)108(71-36-14-4-15-37-71)72-38-16-5-17-39-72/h2-67H,68H2,1H3. The summed E-state index contributed by atoms with van der Waals surface area (Å²) in [5.41, 5.74) is 30.0. The second-order valence-corrected chi connectivity index (χ2v) is 30.5. The summed E-state index contributed by atoms with van der Waals surface area (Å²) >= 11 is 0. The fraction of sp³-hybridized carbons (Fsp3) is 0.0286. The third-order valence-corrected chi connectivity index (χ3v) is 24.4. The molecule has 0 N–H and O–H groups in total. The van der Waals surface area contributed by atoms with Gasteiger partial charge >= 0.3 is 0 Å². The lowest BCUT2D eigenvalue weighted by Crippen LogP contribution is -2.57. The van der Waals surface area contributed by atoms with Crippen molar-refractivity contribution >= 4 is 167 Å². The first-order valence-electron chi connectivity index (χ1n) is 39.0. The summed E-state index contributed by atoms with van der Waals surface area (Å²) in [6, 6.07) is 150. The molecule has 0 amide bonds. The minimum atomic E-state index is -0.581. The van der Waals surface area contributed by atoms with Crippen LogP contribution in [0.1, 0.15) is 23.6 Å². The van der Waals surface area contributed by atoms with Crippen molar-refractivity contribution in [1.82, 2.24) is 9.13 Å². The smallest absolute Gasteiger partial charge is 0.247 e. The maximum atomic E-state index is 2.71. The summed E-state index contributed by atoms with van der Waals surface area (Å²) in [6.45, 7) is 2.28. The van der Waals surface area contributed by atoms with Crippen molar-refractivity contribution < 1.29 is 0 Å². The van der Waals surface area contributed by atoms with Crippen molar-refractivity contribution in [1.29, 1.82) is 0 Å². The lowest BCUT2D eigenvalue weighted by atomic mass is 9.34. The predicted octanol–water partition coefficient (Wildman–Crippen LogP) is 25.9. The van der Waals surface area contributed by atoms with Gasteiger partial charge in [-0.3, -0.25) is 0 Å². The monoisotopic (exact) mass is 1430 g/mol. The number of benzene rings is 18. The molecule has 0 fully saturated rings. The molecule has 18 aromatic carbocycles. The highest BCUT2D eigenvalue weighted by molar-refractivity contribution is 6.99. The Bertz CT molecular complexity index is 6960. The van der Waals surface area contributed by atoms with Crippen LogP contribution in [0.15, 0.2) is 400 Å². The minimum Gasteiger partial charge on any atom is -0.311 e. The molecule has 0 saturated carbocycles. The molecule has 0 bridgehead atoms. The quantitative estimate of drug-likeness (QED) is 0.0848. The Balaban J connectivity index is 0.893. The van der Waals surface area contributed by atoms with Gasteiger partial charge in [-0.15, -0.1) is 0 Å². The van der Waals surface area contributed by atoms with E-state index in [4.69, 9.17) is 0 Å². The van der Waals surface area contributed by atoms with E-state index in [1.54, 1.807) is 0 Å². The van der Waals surface area contributed by atoms with Gasteiger partial charge in [0.1, 0.15) is 0 Å². The van der Waals surface area contributed by atoms with Crippen LogP contribution < -0.4 is 36.0 Å². The lowest BCUT2D eigenvalue weighted by Gasteiger charge is -2.33. The number of nitrogens with zero attached hydrogens (tertiary/aromatic N) is 6. The van der Waals surface area contributed by atoms with Crippen molar-refractivity contribution in [3.8, 4) is 22.5 Å². The fourth-order valence-electron chi connectivity index (χ4n) is 19.9. The summed E-state index contributed by atoms with van der Waals surface area (Å²) in [5, 5.41) is 12.3. The molecule has 2 aliphatic heterocycles. The molecular weight excluding hydrogens is 1360 g/mol. The third kappa shape index (κ3) is 9.60. The van der Waals surface area contributed by atoms with E-state index < -0.39 is 5.41 Å². The second kappa shape index (κ2) is 25.1. The Kier molecular flexibility index (Phi) is 14.3.